The minimum absolute atomic E-state index is 0.00633. The fraction of sp³-hybridized carbons (Fsp3) is 0.143. The Morgan fingerprint density at radius 2 is 2.11 bits per heavy atom. The molecule has 0 saturated carbocycles. The number of rotatable bonds is 4. The molecule has 0 amide bonds. The van der Waals surface area contributed by atoms with E-state index in [9.17, 15) is 0 Å². The fourth-order valence-corrected chi connectivity index (χ4v) is 2.75. The van der Waals surface area contributed by atoms with Crippen molar-refractivity contribution >= 4 is 21.6 Å². The molecule has 0 fully saturated rings. The van der Waals surface area contributed by atoms with Crippen molar-refractivity contribution in [2.45, 2.75) is 0 Å². The number of fused-ring (bicyclic) bond motifs is 1. The maximum atomic E-state index is 8.83. The van der Waals surface area contributed by atoms with Gasteiger partial charge in [0.15, 0.2) is 0 Å². The molecule has 1 N–H and O–H groups in total. The van der Waals surface area contributed by atoms with Crippen LogP contribution in [0.4, 0.5) is 0 Å². The molecule has 0 atom stereocenters. The van der Waals surface area contributed by atoms with Crippen molar-refractivity contribution in [1.82, 2.24) is 9.97 Å². The molecule has 0 aliphatic rings. The Balaban J connectivity index is 2.05. The number of aromatic nitrogens is 2. The first-order valence-corrected chi connectivity index (χ1v) is 6.75. The van der Waals surface area contributed by atoms with E-state index in [1.807, 2.05) is 36.4 Å². The molecular weight excluding hydrogens is 260 g/mol. The van der Waals surface area contributed by atoms with Gasteiger partial charge in [0.1, 0.15) is 22.9 Å². The summed E-state index contributed by atoms with van der Waals surface area (Å²) in [5, 5.41) is 9.70. The molecule has 0 spiro atoms. The number of nitrogens with zero attached hydrogens (tertiary/aromatic N) is 2. The number of ether oxygens (including phenoxy) is 1. The SMILES string of the molecule is OCCOc1cccc2sc(-c3ccccn3)nc12. The predicted molar refractivity (Wildman–Crippen MR) is 75.4 cm³/mol. The van der Waals surface area contributed by atoms with E-state index in [0.29, 0.717) is 5.75 Å². The summed E-state index contributed by atoms with van der Waals surface area (Å²) in [4.78, 5) is 8.89. The topological polar surface area (TPSA) is 55.2 Å². The number of para-hydroxylation sites is 1. The fourth-order valence-electron chi connectivity index (χ4n) is 1.79. The van der Waals surface area contributed by atoms with Crippen LogP contribution in [0.3, 0.4) is 0 Å². The third-order valence-corrected chi connectivity index (χ3v) is 3.66. The molecule has 5 heteroatoms. The summed E-state index contributed by atoms with van der Waals surface area (Å²) in [5.74, 6) is 0.699. The molecule has 19 heavy (non-hydrogen) atoms. The highest BCUT2D eigenvalue weighted by molar-refractivity contribution is 7.21. The Labute approximate surface area is 114 Å². The van der Waals surface area contributed by atoms with Gasteiger partial charge in [-0.05, 0) is 24.3 Å². The minimum Gasteiger partial charge on any atom is -0.489 e. The molecule has 0 unspecified atom stereocenters. The average Bonchev–Trinajstić information content (AvgIpc) is 2.90. The lowest BCUT2D eigenvalue weighted by atomic mass is 10.3. The van der Waals surface area contributed by atoms with Crippen LogP contribution in [-0.4, -0.2) is 28.3 Å². The second-order valence-electron chi connectivity index (χ2n) is 3.91. The standard InChI is InChI=1S/C14H12N2O2S/c17-8-9-18-11-5-3-6-12-13(11)16-14(19-12)10-4-1-2-7-15-10/h1-7,17H,8-9H2. The first-order valence-electron chi connectivity index (χ1n) is 5.93. The van der Waals surface area contributed by atoms with Crippen LogP contribution in [0.25, 0.3) is 20.9 Å². The number of thiazole rings is 1. The number of aliphatic hydroxyl groups is 1. The van der Waals surface area contributed by atoms with Gasteiger partial charge in [-0.2, -0.15) is 0 Å². The van der Waals surface area contributed by atoms with Crippen LogP contribution in [0.2, 0.25) is 0 Å². The maximum absolute atomic E-state index is 8.83. The van der Waals surface area contributed by atoms with Gasteiger partial charge in [-0.25, -0.2) is 4.98 Å². The summed E-state index contributed by atoms with van der Waals surface area (Å²) < 4.78 is 6.54. The van der Waals surface area contributed by atoms with Crippen LogP contribution in [0.15, 0.2) is 42.6 Å². The van der Waals surface area contributed by atoms with Crippen LogP contribution in [-0.2, 0) is 0 Å². The number of hydrogen-bond acceptors (Lipinski definition) is 5. The predicted octanol–water partition coefficient (Wildman–Crippen LogP) is 2.73. The molecular formula is C14H12N2O2S. The molecule has 2 aromatic heterocycles. The van der Waals surface area contributed by atoms with Crippen molar-refractivity contribution in [1.29, 1.82) is 0 Å². The van der Waals surface area contributed by atoms with Crippen molar-refractivity contribution in [2.75, 3.05) is 13.2 Å². The minimum atomic E-state index is -0.00633. The zero-order valence-corrected chi connectivity index (χ0v) is 10.9. The smallest absolute Gasteiger partial charge is 0.146 e. The molecule has 0 saturated heterocycles. The number of pyridine rings is 1. The molecule has 4 nitrogen and oxygen atoms in total. The lowest BCUT2D eigenvalue weighted by Gasteiger charge is -2.03. The van der Waals surface area contributed by atoms with Crippen LogP contribution >= 0.6 is 11.3 Å². The van der Waals surface area contributed by atoms with E-state index < -0.39 is 0 Å². The average molecular weight is 272 g/mol. The molecule has 1 aromatic carbocycles. The van der Waals surface area contributed by atoms with Crippen molar-refractivity contribution in [3.63, 3.8) is 0 Å². The van der Waals surface area contributed by atoms with E-state index in [-0.39, 0.29) is 13.2 Å². The van der Waals surface area contributed by atoms with Gasteiger partial charge in [0.25, 0.3) is 0 Å². The Morgan fingerprint density at radius 3 is 2.89 bits per heavy atom. The molecule has 96 valence electrons. The second kappa shape index (κ2) is 5.34. The third kappa shape index (κ3) is 2.43. The molecule has 3 aromatic rings. The maximum Gasteiger partial charge on any atom is 0.146 e. The monoisotopic (exact) mass is 272 g/mol. The van der Waals surface area contributed by atoms with Crippen molar-refractivity contribution < 1.29 is 9.84 Å². The molecule has 0 aliphatic heterocycles. The molecule has 2 heterocycles. The van der Waals surface area contributed by atoms with Gasteiger partial charge >= 0.3 is 0 Å². The number of benzene rings is 1. The highest BCUT2D eigenvalue weighted by atomic mass is 32.1. The van der Waals surface area contributed by atoms with Gasteiger partial charge in [-0.15, -0.1) is 11.3 Å². The van der Waals surface area contributed by atoms with Crippen LogP contribution in [0.1, 0.15) is 0 Å². The van der Waals surface area contributed by atoms with Gasteiger partial charge in [0, 0.05) is 6.20 Å². The summed E-state index contributed by atoms with van der Waals surface area (Å²) >= 11 is 1.58. The van der Waals surface area contributed by atoms with Gasteiger partial charge in [-0.3, -0.25) is 4.98 Å². The van der Waals surface area contributed by atoms with E-state index in [4.69, 9.17) is 9.84 Å². The van der Waals surface area contributed by atoms with Gasteiger partial charge in [-0.1, -0.05) is 12.1 Å². The van der Waals surface area contributed by atoms with Crippen molar-refractivity contribution in [2.24, 2.45) is 0 Å². The summed E-state index contributed by atoms with van der Waals surface area (Å²) in [6.07, 6.45) is 1.75. The second-order valence-corrected chi connectivity index (χ2v) is 4.94. The highest BCUT2D eigenvalue weighted by Crippen LogP contribution is 2.33. The Kier molecular flexibility index (Phi) is 3.39. The zero-order chi connectivity index (χ0) is 13.1. The first-order chi connectivity index (χ1) is 9.38. The largest absolute Gasteiger partial charge is 0.489 e. The summed E-state index contributed by atoms with van der Waals surface area (Å²) in [6, 6.07) is 11.6. The van der Waals surface area contributed by atoms with Gasteiger partial charge < -0.3 is 9.84 Å². The molecule has 0 bridgehead atoms. The van der Waals surface area contributed by atoms with Crippen molar-refractivity contribution in [3.05, 3.63) is 42.6 Å². The number of aliphatic hydroxyl groups excluding tert-OH is 1. The third-order valence-electron chi connectivity index (χ3n) is 2.61. The molecule has 0 aliphatic carbocycles. The van der Waals surface area contributed by atoms with E-state index >= 15 is 0 Å². The van der Waals surface area contributed by atoms with E-state index in [2.05, 4.69) is 9.97 Å². The summed E-state index contributed by atoms with van der Waals surface area (Å²) in [6.45, 7) is 0.267. The normalized spacial score (nSPS) is 10.8. The van der Waals surface area contributed by atoms with E-state index in [1.165, 1.54) is 0 Å². The molecule has 3 rings (SSSR count). The summed E-state index contributed by atoms with van der Waals surface area (Å²) in [5.41, 5.74) is 1.68. The van der Waals surface area contributed by atoms with Gasteiger partial charge in [0.2, 0.25) is 0 Å². The molecule has 0 radical (unpaired) electrons. The Bertz CT molecular complexity index is 682. The lowest BCUT2D eigenvalue weighted by Crippen LogP contribution is -2.01. The summed E-state index contributed by atoms with van der Waals surface area (Å²) in [7, 11) is 0. The van der Waals surface area contributed by atoms with Crippen molar-refractivity contribution in [3.8, 4) is 16.5 Å². The van der Waals surface area contributed by atoms with Crippen LogP contribution in [0, 0.1) is 0 Å². The van der Waals surface area contributed by atoms with Gasteiger partial charge in [0.05, 0.1) is 17.0 Å². The van der Waals surface area contributed by atoms with E-state index in [0.717, 1.165) is 20.9 Å². The highest BCUT2D eigenvalue weighted by Gasteiger charge is 2.10. The lowest BCUT2D eigenvalue weighted by molar-refractivity contribution is 0.202. The zero-order valence-electron chi connectivity index (χ0n) is 10.1. The first kappa shape index (κ1) is 12.1. The quantitative estimate of drug-likeness (QED) is 0.793. The van der Waals surface area contributed by atoms with E-state index in [1.54, 1.807) is 17.5 Å². The van der Waals surface area contributed by atoms with Crippen LogP contribution < -0.4 is 4.74 Å². The Morgan fingerprint density at radius 1 is 1.16 bits per heavy atom. The number of hydrogen-bond donors (Lipinski definition) is 1. The van der Waals surface area contributed by atoms with Crippen LogP contribution in [0.5, 0.6) is 5.75 Å². The Hall–Kier alpha value is -1.98.